The van der Waals surface area contributed by atoms with Crippen molar-refractivity contribution in [2.24, 2.45) is 11.7 Å². The minimum absolute atomic E-state index is 0.225. The van der Waals surface area contributed by atoms with Gasteiger partial charge in [0.15, 0.2) is 0 Å². The number of likely N-dealkylation sites (N-methyl/N-ethyl adjacent to an activating group) is 1. The lowest BCUT2D eigenvalue weighted by atomic mass is 9.97. The summed E-state index contributed by atoms with van der Waals surface area (Å²) in [6.45, 7) is 6.49. The molecule has 1 aliphatic rings. The maximum Gasteiger partial charge on any atom is 0.0298 e. The SMILES string of the molecule is CCC(C)(CN)N(C)CC1CC1. The molecule has 2 heteroatoms. The van der Waals surface area contributed by atoms with Crippen LogP contribution in [0.4, 0.5) is 0 Å². The van der Waals surface area contributed by atoms with Gasteiger partial charge in [0.2, 0.25) is 0 Å². The standard InChI is InChI=1S/C10H22N2/c1-4-10(2,8-11)12(3)7-9-5-6-9/h9H,4-8,11H2,1-3H3. The van der Waals surface area contributed by atoms with E-state index in [-0.39, 0.29) is 5.54 Å². The van der Waals surface area contributed by atoms with Crippen LogP contribution in [0.1, 0.15) is 33.1 Å². The second kappa shape index (κ2) is 3.75. The van der Waals surface area contributed by atoms with Crippen LogP contribution in [0.3, 0.4) is 0 Å². The summed E-state index contributed by atoms with van der Waals surface area (Å²) >= 11 is 0. The van der Waals surface area contributed by atoms with Gasteiger partial charge in [0.1, 0.15) is 0 Å². The normalized spacial score (nSPS) is 22.8. The Balaban J connectivity index is 2.39. The minimum atomic E-state index is 0.225. The summed E-state index contributed by atoms with van der Waals surface area (Å²) in [7, 11) is 2.20. The van der Waals surface area contributed by atoms with Gasteiger partial charge in [-0.1, -0.05) is 6.92 Å². The number of rotatable bonds is 5. The lowest BCUT2D eigenvalue weighted by Crippen LogP contribution is -2.49. The maximum atomic E-state index is 5.77. The molecule has 1 aliphatic carbocycles. The first kappa shape index (κ1) is 10.0. The lowest BCUT2D eigenvalue weighted by Gasteiger charge is -2.37. The Morgan fingerprint density at radius 1 is 1.50 bits per heavy atom. The van der Waals surface area contributed by atoms with E-state index in [2.05, 4.69) is 25.8 Å². The Hall–Kier alpha value is -0.0800. The van der Waals surface area contributed by atoms with E-state index >= 15 is 0 Å². The topological polar surface area (TPSA) is 29.3 Å². The van der Waals surface area contributed by atoms with Gasteiger partial charge in [-0.3, -0.25) is 4.90 Å². The third kappa shape index (κ3) is 2.20. The molecular formula is C10H22N2. The first-order chi connectivity index (χ1) is 5.62. The summed E-state index contributed by atoms with van der Waals surface area (Å²) < 4.78 is 0. The summed E-state index contributed by atoms with van der Waals surface area (Å²) in [5.41, 5.74) is 6.00. The van der Waals surface area contributed by atoms with Gasteiger partial charge in [-0.05, 0) is 39.2 Å². The molecule has 0 bridgehead atoms. The van der Waals surface area contributed by atoms with Gasteiger partial charge >= 0.3 is 0 Å². The van der Waals surface area contributed by atoms with Crippen molar-refractivity contribution >= 4 is 0 Å². The van der Waals surface area contributed by atoms with E-state index in [1.54, 1.807) is 0 Å². The van der Waals surface area contributed by atoms with Crippen LogP contribution < -0.4 is 5.73 Å². The molecule has 0 aromatic carbocycles. The Labute approximate surface area is 76.1 Å². The number of hydrogen-bond acceptors (Lipinski definition) is 2. The number of hydrogen-bond donors (Lipinski definition) is 1. The highest BCUT2D eigenvalue weighted by molar-refractivity contribution is 4.87. The van der Waals surface area contributed by atoms with E-state index in [1.807, 2.05) is 0 Å². The summed E-state index contributed by atoms with van der Waals surface area (Å²) in [6.07, 6.45) is 4.00. The predicted molar refractivity (Wildman–Crippen MR) is 53.1 cm³/mol. The molecule has 0 amide bonds. The van der Waals surface area contributed by atoms with Crippen LogP contribution in [0.5, 0.6) is 0 Å². The molecule has 2 nitrogen and oxygen atoms in total. The third-order valence-electron chi connectivity index (χ3n) is 3.35. The van der Waals surface area contributed by atoms with Crippen LogP contribution in [0.25, 0.3) is 0 Å². The molecule has 0 heterocycles. The molecule has 1 rings (SSSR count). The zero-order valence-corrected chi connectivity index (χ0v) is 8.64. The summed E-state index contributed by atoms with van der Waals surface area (Å²) in [5, 5.41) is 0. The smallest absolute Gasteiger partial charge is 0.0298 e. The van der Waals surface area contributed by atoms with E-state index in [1.165, 1.54) is 19.4 Å². The molecule has 0 saturated heterocycles. The average molecular weight is 170 g/mol. The zero-order chi connectivity index (χ0) is 9.19. The van der Waals surface area contributed by atoms with Crippen molar-refractivity contribution in [3.05, 3.63) is 0 Å². The molecule has 12 heavy (non-hydrogen) atoms. The van der Waals surface area contributed by atoms with E-state index in [0.29, 0.717) is 0 Å². The van der Waals surface area contributed by atoms with Crippen molar-refractivity contribution in [3.63, 3.8) is 0 Å². The monoisotopic (exact) mass is 170 g/mol. The second-order valence-corrected chi connectivity index (χ2v) is 4.38. The highest BCUT2D eigenvalue weighted by atomic mass is 15.2. The van der Waals surface area contributed by atoms with Crippen molar-refractivity contribution in [2.45, 2.75) is 38.6 Å². The fraction of sp³-hybridized carbons (Fsp3) is 1.00. The summed E-state index contributed by atoms with van der Waals surface area (Å²) in [6, 6.07) is 0. The molecule has 0 aliphatic heterocycles. The van der Waals surface area contributed by atoms with Gasteiger partial charge in [0.25, 0.3) is 0 Å². The van der Waals surface area contributed by atoms with Gasteiger partial charge in [0, 0.05) is 18.6 Å². The molecule has 1 unspecified atom stereocenters. The molecule has 2 N–H and O–H groups in total. The summed E-state index contributed by atoms with van der Waals surface area (Å²) in [5.74, 6) is 0.965. The highest BCUT2D eigenvalue weighted by Crippen LogP contribution is 2.31. The van der Waals surface area contributed by atoms with Gasteiger partial charge in [-0.2, -0.15) is 0 Å². The van der Waals surface area contributed by atoms with Crippen molar-refractivity contribution in [3.8, 4) is 0 Å². The average Bonchev–Trinajstić information content (AvgIpc) is 2.86. The molecule has 72 valence electrons. The van der Waals surface area contributed by atoms with Crippen LogP contribution >= 0.6 is 0 Å². The van der Waals surface area contributed by atoms with Crippen molar-refractivity contribution in [1.29, 1.82) is 0 Å². The van der Waals surface area contributed by atoms with E-state index < -0.39 is 0 Å². The highest BCUT2D eigenvalue weighted by Gasteiger charge is 2.30. The third-order valence-corrected chi connectivity index (χ3v) is 3.35. The van der Waals surface area contributed by atoms with Gasteiger partial charge in [-0.25, -0.2) is 0 Å². The first-order valence-corrected chi connectivity index (χ1v) is 5.03. The maximum absolute atomic E-state index is 5.77. The van der Waals surface area contributed by atoms with E-state index in [9.17, 15) is 0 Å². The van der Waals surface area contributed by atoms with Gasteiger partial charge in [-0.15, -0.1) is 0 Å². The first-order valence-electron chi connectivity index (χ1n) is 5.03. The fourth-order valence-electron chi connectivity index (χ4n) is 1.48. The van der Waals surface area contributed by atoms with E-state index in [0.717, 1.165) is 18.9 Å². The number of nitrogens with two attached hydrogens (primary N) is 1. The van der Waals surface area contributed by atoms with Crippen molar-refractivity contribution in [1.82, 2.24) is 4.90 Å². The molecule has 1 fully saturated rings. The predicted octanol–water partition coefficient (Wildman–Crippen LogP) is 1.46. The van der Waals surface area contributed by atoms with Crippen molar-refractivity contribution in [2.75, 3.05) is 20.1 Å². The molecule has 0 radical (unpaired) electrons. The molecular weight excluding hydrogens is 148 g/mol. The molecule has 1 saturated carbocycles. The van der Waals surface area contributed by atoms with Crippen molar-refractivity contribution < 1.29 is 0 Å². The van der Waals surface area contributed by atoms with Crippen LogP contribution in [0, 0.1) is 5.92 Å². The van der Waals surface area contributed by atoms with Gasteiger partial charge in [0.05, 0.1) is 0 Å². The molecule has 0 aromatic heterocycles. The van der Waals surface area contributed by atoms with Gasteiger partial charge < -0.3 is 5.73 Å². The number of nitrogens with zero attached hydrogens (tertiary/aromatic N) is 1. The minimum Gasteiger partial charge on any atom is -0.329 e. The van der Waals surface area contributed by atoms with Crippen LogP contribution in [-0.2, 0) is 0 Å². The Kier molecular flexibility index (Phi) is 3.13. The van der Waals surface area contributed by atoms with Crippen LogP contribution in [0.2, 0.25) is 0 Å². The van der Waals surface area contributed by atoms with Crippen LogP contribution in [0.15, 0.2) is 0 Å². The molecule has 1 atom stereocenters. The largest absolute Gasteiger partial charge is 0.329 e. The van der Waals surface area contributed by atoms with E-state index in [4.69, 9.17) is 5.73 Å². The summed E-state index contributed by atoms with van der Waals surface area (Å²) in [4.78, 5) is 2.44. The quantitative estimate of drug-likeness (QED) is 0.677. The second-order valence-electron chi connectivity index (χ2n) is 4.38. The fourth-order valence-corrected chi connectivity index (χ4v) is 1.48. The Bertz CT molecular complexity index is 137. The molecule has 0 spiro atoms. The lowest BCUT2D eigenvalue weighted by molar-refractivity contribution is 0.133. The Morgan fingerprint density at radius 2 is 2.08 bits per heavy atom. The molecule has 0 aromatic rings. The Morgan fingerprint density at radius 3 is 2.42 bits per heavy atom. The zero-order valence-electron chi connectivity index (χ0n) is 8.64. The van der Waals surface area contributed by atoms with Crippen LogP contribution in [-0.4, -0.2) is 30.6 Å².